The van der Waals surface area contributed by atoms with Gasteiger partial charge in [-0.2, -0.15) is 0 Å². The van der Waals surface area contributed by atoms with Gasteiger partial charge >= 0.3 is 5.97 Å². The fourth-order valence-corrected chi connectivity index (χ4v) is 0.715. The van der Waals surface area contributed by atoms with Crippen molar-refractivity contribution in [2.45, 2.75) is 4.83 Å². The lowest BCUT2D eigenvalue weighted by Gasteiger charge is -1.95. The van der Waals surface area contributed by atoms with Gasteiger partial charge in [-0.05, 0) is 0 Å². The van der Waals surface area contributed by atoms with Crippen molar-refractivity contribution >= 4 is 21.9 Å². The van der Waals surface area contributed by atoms with Gasteiger partial charge in [-0.3, -0.25) is 4.79 Å². The summed E-state index contributed by atoms with van der Waals surface area (Å²) in [5, 5.41) is 11.9. The highest BCUT2D eigenvalue weighted by atomic mass is 79.9. The average molecular weight is 206 g/mol. The molecule has 0 saturated carbocycles. The average Bonchev–Trinajstić information content (AvgIpc) is 2.36. The highest BCUT2D eigenvalue weighted by molar-refractivity contribution is 9.09. The van der Waals surface area contributed by atoms with Crippen molar-refractivity contribution in [1.82, 2.24) is 5.16 Å². The van der Waals surface area contributed by atoms with Crippen molar-refractivity contribution in [2.75, 3.05) is 0 Å². The largest absolute Gasteiger partial charge is 0.480 e. The molecule has 1 heterocycles. The number of halogens is 1. The maximum Gasteiger partial charge on any atom is 0.323 e. The molecule has 0 fully saturated rings. The molecule has 0 amide bonds. The molecular weight excluding hydrogens is 202 g/mol. The van der Waals surface area contributed by atoms with E-state index in [2.05, 4.69) is 25.6 Å². The molecule has 0 aliphatic heterocycles. The number of carboxylic acids is 1. The molecule has 0 radical (unpaired) electrons. The third-order valence-electron chi connectivity index (χ3n) is 0.934. The van der Waals surface area contributed by atoms with Gasteiger partial charge in [0.2, 0.25) is 0 Å². The van der Waals surface area contributed by atoms with E-state index in [1.165, 1.54) is 12.3 Å². The quantitative estimate of drug-likeness (QED) is 0.738. The first-order valence-corrected chi connectivity index (χ1v) is 3.40. The number of rotatable bonds is 2. The molecule has 0 aliphatic rings. The van der Waals surface area contributed by atoms with Crippen LogP contribution in [-0.4, -0.2) is 16.2 Å². The van der Waals surface area contributed by atoms with Crippen molar-refractivity contribution in [2.24, 2.45) is 0 Å². The van der Waals surface area contributed by atoms with Crippen LogP contribution < -0.4 is 0 Å². The number of hydrogen-bond donors (Lipinski definition) is 1. The molecule has 0 aliphatic carbocycles. The molecule has 4 nitrogen and oxygen atoms in total. The third kappa shape index (κ3) is 1.36. The first-order chi connectivity index (χ1) is 4.72. The van der Waals surface area contributed by atoms with Gasteiger partial charge < -0.3 is 9.63 Å². The first kappa shape index (κ1) is 7.27. The Morgan fingerprint density at radius 1 is 1.90 bits per heavy atom. The lowest BCUT2D eigenvalue weighted by atomic mass is 10.3. The summed E-state index contributed by atoms with van der Waals surface area (Å²) in [5.74, 6) is -0.978. The maximum absolute atomic E-state index is 10.3. The topological polar surface area (TPSA) is 63.3 Å². The number of nitrogens with zero attached hydrogens (tertiary/aromatic N) is 1. The Hall–Kier alpha value is -0.840. The summed E-state index contributed by atoms with van der Waals surface area (Å²) in [5.41, 5.74) is 0.368. The normalized spacial score (nSPS) is 12.9. The van der Waals surface area contributed by atoms with E-state index in [1.807, 2.05) is 0 Å². The fourth-order valence-electron chi connectivity index (χ4n) is 0.479. The van der Waals surface area contributed by atoms with Crippen molar-refractivity contribution in [3.8, 4) is 0 Å². The van der Waals surface area contributed by atoms with Gasteiger partial charge in [0.1, 0.15) is 12.0 Å². The zero-order valence-corrected chi connectivity index (χ0v) is 6.41. The summed E-state index contributed by atoms with van der Waals surface area (Å²) in [6.45, 7) is 0. The Labute approximate surface area is 64.9 Å². The number of aliphatic carboxylic acids is 1. The van der Waals surface area contributed by atoms with Crippen molar-refractivity contribution in [3.05, 3.63) is 18.0 Å². The number of carbonyl (C=O) groups is 1. The summed E-state index contributed by atoms with van der Waals surface area (Å²) in [6.07, 6.45) is 1.33. The van der Waals surface area contributed by atoms with Crippen LogP contribution in [0.5, 0.6) is 0 Å². The Bertz CT molecular complexity index is 221. The SMILES string of the molecule is O=C(O)C(Br)c1ccon1. The van der Waals surface area contributed by atoms with E-state index in [-0.39, 0.29) is 0 Å². The minimum atomic E-state index is -0.978. The molecule has 10 heavy (non-hydrogen) atoms. The van der Waals surface area contributed by atoms with Gasteiger partial charge in [0.15, 0.2) is 4.83 Å². The smallest absolute Gasteiger partial charge is 0.323 e. The summed E-state index contributed by atoms with van der Waals surface area (Å²) >= 11 is 2.91. The van der Waals surface area contributed by atoms with Crippen LogP contribution in [0.3, 0.4) is 0 Å². The zero-order valence-electron chi connectivity index (χ0n) is 4.82. The predicted octanol–water partition coefficient (Wildman–Crippen LogP) is 1.20. The molecule has 0 spiro atoms. The fraction of sp³-hybridized carbons (Fsp3) is 0.200. The second-order valence-corrected chi connectivity index (χ2v) is 2.54. The van der Waals surface area contributed by atoms with Crippen molar-refractivity contribution < 1.29 is 14.4 Å². The van der Waals surface area contributed by atoms with Gasteiger partial charge in [0, 0.05) is 6.07 Å². The predicted molar refractivity (Wildman–Crippen MR) is 35.8 cm³/mol. The Kier molecular flexibility index (Phi) is 2.06. The zero-order chi connectivity index (χ0) is 7.56. The van der Waals surface area contributed by atoms with Crippen LogP contribution in [0, 0.1) is 0 Å². The molecule has 0 bridgehead atoms. The monoisotopic (exact) mass is 205 g/mol. The minimum Gasteiger partial charge on any atom is -0.480 e. The van der Waals surface area contributed by atoms with E-state index in [0.717, 1.165) is 0 Å². The minimum absolute atomic E-state index is 0.368. The van der Waals surface area contributed by atoms with Gasteiger partial charge in [0.05, 0.1) is 0 Å². The van der Waals surface area contributed by atoms with Gasteiger partial charge in [0.25, 0.3) is 0 Å². The number of hydrogen-bond acceptors (Lipinski definition) is 3. The van der Waals surface area contributed by atoms with Crippen LogP contribution in [-0.2, 0) is 4.79 Å². The number of carboxylic acid groups (broad SMARTS) is 1. The third-order valence-corrected chi connectivity index (χ3v) is 1.80. The molecular formula is C5H4BrNO3. The number of aromatic nitrogens is 1. The van der Waals surface area contributed by atoms with E-state index in [0.29, 0.717) is 5.69 Å². The van der Waals surface area contributed by atoms with Crippen molar-refractivity contribution in [3.63, 3.8) is 0 Å². The van der Waals surface area contributed by atoms with E-state index < -0.39 is 10.8 Å². The summed E-state index contributed by atoms with van der Waals surface area (Å²) in [6, 6.07) is 1.49. The highest BCUT2D eigenvalue weighted by Gasteiger charge is 2.17. The summed E-state index contributed by atoms with van der Waals surface area (Å²) in [4.78, 5) is 9.50. The van der Waals surface area contributed by atoms with Crippen LogP contribution in [0.15, 0.2) is 16.9 Å². The molecule has 1 unspecified atom stereocenters. The Morgan fingerprint density at radius 3 is 3.00 bits per heavy atom. The second-order valence-electron chi connectivity index (χ2n) is 1.63. The molecule has 1 rings (SSSR count). The molecule has 0 aromatic carbocycles. The van der Waals surface area contributed by atoms with E-state index in [9.17, 15) is 4.79 Å². The highest BCUT2D eigenvalue weighted by Crippen LogP contribution is 2.20. The Morgan fingerprint density at radius 2 is 2.60 bits per heavy atom. The molecule has 0 saturated heterocycles. The molecule has 1 aromatic heterocycles. The van der Waals surface area contributed by atoms with Crippen LogP contribution in [0.2, 0.25) is 0 Å². The lowest BCUT2D eigenvalue weighted by Crippen LogP contribution is -2.04. The molecule has 1 N–H and O–H groups in total. The van der Waals surface area contributed by atoms with Gasteiger partial charge in [-0.25, -0.2) is 0 Å². The van der Waals surface area contributed by atoms with E-state index in [1.54, 1.807) is 0 Å². The van der Waals surface area contributed by atoms with E-state index >= 15 is 0 Å². The molecule has 54 valence electrons. The van der Waals surface area contributed by atoms with Gasteiger partial charge in [-0.1, -0.05) is 21.1 Å². The maximum atomic E-state index is 10.3. The van der Waals surface area contributed by atoms with E-state index in [4.69, 9.17) is 5.11 Å². The first-order valence-electron chi connectivity index (χ1n) is 2.49. The summed E-state index contributed by atoms with van der Waals surface area (Å²) < 4.78 is 4.44. The summed E-state index contributed by atoms with van der Waals surface area (Å²) in [7, 11) is 0. The molecule has 1 atom stereocenters. The standard InChI is InChI=1S/C5H4BrNO3/c6-4(5(8)9)3-1-2-10-7-3/h1-2,4H,(H,8,9). The van der Waals surface area contributed by atoms with Crippen LogP contribution >= 0.6 is 15.9 Å². The second kappa shape index (κ2) is 2.83. The lowest BCUT2D eigenvalue weighted by molar-refractivity contribution is -0.136. The van der Waals surface area contributed by atoms with Crippen LogP contribution in [0.25, 0.3) is 0 Å². The van der Waals surface area contributed by atoms with Crippen molar-refractivity contribution in [1.29, 1.82) is 0 Å². The number of alkyl halides is 1. The van der Waals surface area contributed by atoms with Crippen LogP contribution in [0.1, 0.15) is 10.5 Å². The Balaban J connectivity index is 2.77. The van der Waals surface area contributed by atoms with Gasteiger partial charge in [-0.15, -0.1) is 0 Å². The van der Waals surface area contributed by atoms with Crippen LogP contribution in [0.4, 0.5) is 0 Å². The molecule has 5 heteroatoms. The molecule has 1 aromatic rings.